The smallest absolute Gasteiger partial charge is 0.235 e. The summed E-state index contributed by atoms with van der Waals surface area (Å²) in [4.78, 5) is 5.58. The van der Waals surface area contributed by atoms with Crippen LogP contribution in [0.25, 0.3) is 60.6 Å². The quantitative estimate of drug-likeness (QED) is 0.197. The van der Waals surface area contributed by atoms with E-state index in [4.69, 9.17) is 37.7 Å². The normalized spacial score (nSPS) is 11.6. The molecule has 0 atom stereocenters. The maximum absolute atomic E-state index is 6.41. The molecule has 0 fully saturated rings. The largest absolute Gasteiger partial charge is 0.454 e. The third-order valence-electron chi connectivity index (χ3n) is 6.09. The van der Waals surface area contributed by atoms with E-state index in [1.165, 1.54) is 11.3 Å². The lowest BCUT2D eigenvalue weighted by Gasteiger charge is -2.07. The fourth-order valence-electron chi connectivity index (χ4n) is 4.29. The van der Waals surface area contributed by atoms with E-state index in [1.807, 2.05) is 66.7 Å². The lowest BCUT2D eigenvalue weighted by molar-refractivity contribution is 0.595. The summed E-state index contributed by atoms with van der Waals surface area (Å²) in [6.45, 7) is 0. The van der Waals surface area contributed by atoms with Gasteiger partial charge in [-0.05, 0) is 54.6 Å². The van der Waals surface area contributed by atoms with Crippen molar-refractivity contribution in [3.63, 3.8) is 0 Å². The number of pyridine rings is 1. The molecule has 7 rings (SSSR count). The molecule has 0 aliphatic carbocycles. The molecule has 184 valence electrons. The zero-order valence-electron chi connectivity index (χ0n) is 19.3. The van der Waals surface area contributed by atoms with Crippen LogP contribution in [0.2, 0.25) is 10.0 Å². The SMILES string of the molecule is Clc1ccc(Cl)c(-c2ccc(-c3cc(-c4nn5c(-c6ccc(Br)cc6)nnc5s4)c4ccccc4n3)o2)c1. The molecule has 4 aromatic heterocycles. The monoisotopic (exact) mass is 617 g/mol. The Morgan fingerprint density at radius 3 is 2.50 bits per heavy atom. The summed E-state index contributed by atoms with van der Waals surface area (Å²) in [7, 11) is 0. The number of rotatable bonds is 4. The van der Waals surface area contributed by atoms with Gasteiger partial charge in [-0.25, -0.2) is 4.98 Å². The van der Waals surface area contributed by atoms with Crippen molar-refractivity contribution in [3.05, 3.63) is 99.4 Å². The Morgan fingerprint density at radius 1 is 0.816 bits per heavy atom. The average molecular weight is 619 g/mol. The van der Waals surface area contributed by atoms with Crippen molar-refractivity contribution in [1.29, 1.82) is 0 Å². The van der Waals surface area contributed by atoms with Crippen molar-refractivity contribution in [3.8, 4) is 44.7 Å². The second-order valence-corrected chi connectivity index (χ2v) is 11.2. The molecule has 7 aromatic rings. The highest BCUT2D eigenvalue weighted by molar-refractivity contribution is 9.10. The average Bonchev–Trinajstić information content (AvgIpc) is 3.67. The number of aromatic nitrogens is 5. The number of nitrogens with zero attached hydrogens (tertiary/aromatic N) is 5. The molecule has 0 spiro atoms. The molecule has 0 aliphatic heterocycles. The predicted octanol–water partition coefficient (Wildman–Crippen LogP) is 9.06. The molecule has 0 amide bonds. The summed E-state index contributed by atoms with van der Waals surface area (Å²) < 4.78 is 8.99. The van der Waals surface area contributed by atoms with Gasteiger partial charge in [-0.1, -0.05) is 80.8 Å². The first kappa shape index (κ1) is 23.5. The number of para-hydroxylation sites is 1. The van der Waals surface area contributed by atoms with Gasteiger partial charge in [-0.2, -0.15) is 9.61 Å². The van der Waals surface area contributed by atoms with Gasteiger partial charge in [0, 0.05) is 31.6 Å². The Balaban J connectivity index is 1.36. The van der Waals surface area contributed by atoms with Crippen LogP contribution >= 0.6 is 50.5 Å². The molecule has 3 aromatic carbocycles. The second-order valence-electron chi connectivity index (χ2n) is 8.49. The third kappa shape index (κ3) is 4.10. The fourth-order valence-corrected chi connectivity index (χ4v) is 5.81. The number of fused-ring (bicyclic) bond motifs is 2. The van der Waals surface area contributed by atoms with Crippen molar-refractivity contribution in [2.24, 2.45) is 0 Å². The van der Waals surface area contributed by atoms with Crippen molar-refractivity contribution >= 4 is 66.3 Å². The Morgan fingerprint density at radius 2 is 1.63 bits per heavy atom. The predicted molar refractivity (Wildman–Crippen MR) is 156 cm³/mol. The minimum absolute atomic E-state index is 0.559. The fraction of sp³-hybridized carbons (Fsp3) is 0. The van der Waals surface area contributed by atoms with Crippen LogP contribution in [-0.2, 0) is 0 Å². The molecule has 0 unspecified atom stereocenters. The van der Waals surface area contributed by atoms with Gasteiger partial charge in [0.15, 0.2) is 11.6 Å². The van der Waals surface area contributed by atoms with Gasteiger partial charge in [-0.15, -0.1) is 10.2 Å². The van der Waals surface area contributed by atoms with E-state index >= 15 is 0 Å². The van der Waals surface area contributed by atoms with Crippen LogP contribution in [-0.4, -0.2) is 24.8 Å². The highest BCUT2D eigenvalue weighted by atomic mass is 79.9. The Labute approximate surface area is 238 Å². The molecule has 6 nitrogen and oxygen atoms in total. The van der Waals surface area contributed by atoms with Crippen molar-refractivity contribution in [2.45, 2.75) is 0 Å². The van der Waals surface area contributed by atoms with E-state index in [9.17, 15) is 0 Å². The summed E-state index contributed by atoms with van der Waals surface area (Å²) in [5.74, 6) is 1.91. The lowest BCUT2D eigenvalue weighted by atomic mass is 10.1. The van der Waals surface area contributed by atoms with E-state index in [-0.39, 0.29) is 0 Å². The summed E-state index contributed by atoms with van der Waals surface area (Å²) in [6.07, 6.45) is 0. The van der Waals surface area contributed by atoms with Gasteiger partial charge in [0.25, 0.3) is 0 Å². The number of hydrogen-bond donors (Lipinski definition) is 0. The Kier molecular flexibility index (Phi) is 5.78. The molecule has 0 saturated carbocycles. The first-order valence-corrected chi connectivity index (χ1v) is 13.8. The molecule has 0 aliphatic rings. The highest BCUT2D eigenvalue weighted by Crippen LogP contribution is 2.38. The first-order valence-electron chi connectivity index (χ1n) is 11.5. The Bertz CT molecular complexity index is 1980. The molecule has 38 heavy (non-hydrogen) atoms. The molecule has 0 N–H and O–H groups in total. The first-order chi connectivity index (χ1) is 18.5. The lowest BCUT2D eigenvalue weighted by Crippen LogP contribution is -1.92. The van der Waals surface area contributed by atoms with Crippen molar-refractivity contribution < 1.29 is 4.42 Å². The Hall–Kier alpha value is -3.56. The van der Waals surface area contributed by atoms with Gasteiger partial charge in [0.1, 0.15) is 16.5 Å². The number of hydrogen-bond acceptors (Lipinski definition) is 6. The van der Waals surface area contributed by atoms with Crippen LogP contribution in [0.15, 0.2) is 93.8 Å². The third-order valence-corrected chi connectivity index (χ3v) is 8.12. The molecule has 4 heterocycles. The van der Waals surface area contributed by atoms with Gasteiger partial charge >= 0.3 is 0 Å². The number of halogens is 3. The van der Waals surface area contributed by atoms with Gasteiger partial charge in [0.05, 0.1) is 10.5 Å². The molecule has 10 heteroatoms. The summed E-state index contributed by atoms with van der Waals surface area (Å²) in [5, 5.41) is 16.6. The van der Waals surface area contributed by atoms with Gasteiger partial charge in [0.2, 0.25) is 4.96 Å². The zero-order valence-corrected chi connectivity index (χ0v) is 23.2. The standard InChI is InChI=1S/C28H14BrCl2N5OS/c29-16-7-5-15(6-8-16)26-33-34-28-36(26)35-27(38-28)19-14-23(32-22-4-2-1-3-18(19)22)25-12-11-24(37-25)20-13-17(30)9-10-21(20)31/h1-14H. The van der Waals surface area contributed by atoms with Crippen LogP contribution in [0.4, 0.5) is 0 Å². The molecular formula is C28H14BrCl2N5OS. The van der Waals surface area contributed by atoms with Crippen LogP contribution in [0.1, 0.15) is 0 Å². The van der Waals surface area contributed by atoms with Crippen LogP contribution < -0.4 is 0 Å². The minimum atomic E-state index is 0.559. The van der Waals surface area contributed by atoms with Gasteiger partial charge < -0.3 is 4.42 Å². The van der Waals surface area contributed by atoms with Crippen LogP contribution in [0, 0.1) is 0 Å². The van der Waals surface area contributed by atoms with E-state index < -0.39 is 0 Å². The minimum Gasteiger partial charge on any atom is -0.454 e. The van der Waals surface area contributed by atoms with Crippen molar-refractivity contribution in [1.82, 2.24) is 24.8 Å². The molecule has 0 radical (unpaired) electrons. The maximum Gasteiger partial charge on any atom is 0.235 e. The highest BCUT2D eigenvalue weighted by Gasteiger charge is 2.19. The van der Waals surface area contributed by atoms with E-state index in [0.717, 1.165) is 37.1 Å². The van der Waals surface area contributed by atoms with Crippen LogP contribution in [0.3, 0.4) is 0 Å². The number of furan rings is 1. The van der Waals surface area contributed by atoms with Gasteiger partial charge in [-0.3, -0.25) is 0 Å². The topological polar surface area (TPSA) is 69.1 Å². The second kappa shape index (κ2) is 9.32. The summed E-state index contributed by atoms with van der Waals surface area (Å²) in [6, 6.07) is 26.9. The molecule has 0 bridgehead atoms. The van der Waals surface area contributed by atoms with Crippen molar-refractivity contribution in [2.75, 3.05) is 0 Å². The summed E-state index contributed by atoms with van der Waals surface area (Å²) in [5.41, 5.74) is 4.10. The van der Waals surface area contributed by atoms with E-state index in [1.54, 1.807) is 22.7 Å². The molecule has 0 saturated heterocycles. The maximum atomic E-state index is 6.41. The van der Waals surface area contributed by atoms with E-state index in [0.29, 0.717) is 38.0 Å². The molecular weight excluding hydrogens is 605 g/mol. The van der Waals surface area contributed by atoms with E-state index in [2.05, 4.69) is 26.1 Å². The van der Waals surface area contributed by atoms with Crippen LogP contribution in [0.5, 0.6) is 0 Å². The zero-order chi connectivity index (χ0) is 25.8. The number of benzene rings is 3. The summed E-state index contributed by atoms with van der Waals surface area (Å²) >= 11 is 17.6.